The van der Waals surface area contributed by atoms with Crippen LogP contribution in [0.15, 0.2) is 29.3 Å². The second-order valence-corrected chi connectivity index (χ2v) is 7.88. The predicted molar refractivity (Wildman–Crippen MR) is 101 cm³/mol. The average molecular weight is 365 g/mol. The van der Waals surface area contributed by atoms with Gasteiger partial charge in [-0.25, -0.2) is 9.97 Å². The number of aryl methyl sites for hydroxylation is 1. The Morgan fingerprint density at radius 2 is 2.04 bits per heavy atom. The van der Waals surface area contributed by atoms with E-state index in [2.05, 4.69) is 9.88 Å². The standard InChI is InChI=1S/C20H23N5O2/c1-23-6-4-5-14(18(23)26)19(27)25-11-13-9-17-15(16(13)12-25)10-21-20(22-17)24-7-2-3-8-24/h4-6,10,13,16H,2-3,7-9,11-12H2,1H3. The molecule has 1 amide bonds. The Balaban J connectivity index is 1.37. The number of rotatable bonds is 2. The van der Waals surface area contributed by atoms with E-state index in [4.69, 9.17) is 4.98 Å². The molecule has 2 fully saturated rings. The summed E-state index contributed by atoms with van der Waals surface area (Å²) in [5.74, 6) is 1.34. The van der Waals surface area contributed by atoms with E-state index in [0.29, 0.717) is 19.0 Å². The second kappa shape index (κ2) is 6.18. The largest absolute Gasteiger partial charge is 0.341 e. The number of pyridine rings is 1. The van der Waals surface area contributed by atoms with Crippen LogP contribution in [0.5, 0.6) is 0 Å². The number of hydrogen-bond donors (Lipinski definition) is 0. The van der Waals surface area contributed by atoms with Crippen molar-refractivity contribution in [3.8, 4) is 0 Å². The summed E-state index contributed by atoms with van der Waals surface area (Å²) in [6.07, 6.45) is 6.95. The third-order valence-corrected chi connectivity index (χ3v) is 6.21. The van der Waals surface area contributed by atoms with Crippen LogP contribution in [0.2, 0.25) is 0 Å². The highest BCUT2D eigenvalue weighted by Gasteiger charge is 2.43. The molecular formula is C20H23N5O2. The van der Waals surface area contributed by atoms with Crippen LogP contribution >= 0.6 is 0 Å². The lowest BCUT2D eigenvalue weighted by atomic mass is 9.98. The maximum Gasteiger partial charge on any atom is 0.263 e. The zero-order valence-corrected chi connectivity index (χ0v) is 15.5. The summed E-state index contributed by atoms with van der Waals surface area (Å²) in [5, 5.41) is 0. The van der Waals surface area contributed by atoms with Crippen LogP contribution in [0.1, 0.15) is 40.4 Å². The SMILES string of the molecule is Cn1cccc(C(=O)N2CC3Cc4nc(N5CCCC5)ncc4C3C2)c1=O. The third-order valence-electron chi connectivity index (χ3n) is 6.21. The molecule has 7 heteroatoms. The van der Waals surface area contributed by atoms with Crippen LogP contribution in [-0.2, 0) is 13.5 Å². The molecular weight excluding hydrogens is 342 g/mol. The van der Waals surface area contributed by atoms with E-state index >= 15 is 0 Å². The van der Waals surface area contributed by atoms with Gasteiger partial charge in [-0.1, -0.05) is 0 Å². The fourth-order valence-corrected chi connectivity index (χ4v) is 4.73. The number of carbonyl (C=O) groups is 1. The van der Waals surface area contributed by atoms with Gasteiger partial charge in [-0.2, -0.15) is 0 Å². The lowest BCUT2D eigenvalue weighted by Gasteiger charge is -2.19. The molecule has 2 aromatic heterocycles. The number of hydrogen-bond acceptors (Lipinski definition) is 5. The van der Waals surface area contributed by atoms with Gasteiger partial charge in [0.1, 0.15) is 5.56 Å². The first-order valence-corrected chi connectivity index (χ1v) is 9.67. The minimum atomic E-state index is -0.237. The fourth-order valence-electron chi connectivity index (χ4n) is 4.73. The van der Waals surface area contributed by atoms with Crippen LogP contribution in [0.4, 0.5) is 5.95 Å². The molecule has 2 atom stereocenters. The van der Waals surface area contributed by atoms with Crippen molar-refractivity contribution in [2.45, 2.75) is 25.2 Å². The van der Waals surface area contributed by atoms with Crippen LogP contribution in [0.25, 0.3) is 0 Å². The summed E-state index contributed by atoms with van der Waals surface area (Å²) >= 11 is 0. The minimum Gasteiger partial charge on any atom is -0.341 e. The van der Waals surface area contributed by atoms with Crippen molar-refractivity contribution in [1.82, 2.24) is 19.4 Å². The molecule has 2 unspecified atom stereocenters. The predicted octanol–water partition coefficient (Wildman–Crippen LogP) is 1.19. The minimum absolute atomic E-state index is 0.165. The molecule has 2 aromatic rings. The fraction of sp³-hybridized carbons (Fsp3) is 0.500. The van der Waals surface area contributed by atoms with E-state index in [9.17, 15) is 9.59 Å². The quantitative estimate of drug-likeness (QED) is 0.799. The highest BCUT2D eigenvalue weighted by molar-refractivity contribution is 5.94. The van der Waals surface area contributed by atoms with Crippen molar-refractivity contribution >= 4 is 11.9 Å². The number of nitrogens with zero attached hydrogens (tertiary/aromatic N) is 5. The Morgan fingerprint density at radius 1 is 1.22 bits per heavy atom. The summed E-state index contributed by atoms with van der Waals surface area (Å²) in [7, 11) is 1.67. The number of carbonyl (C=O) groups excluding carboxylic acids is 1. The van der Waals surface area contributed by atoms with Gasteiger partial charge in [-0.3, -0.25) is 9.59 Å². The van der Waals surface area contributed by atoms with Gasteiger partial charge in [0, 0.05) is 57.2 Å². The first kappa shape index (κ1) is 16.5. The molecule has 3 aliphatic rings. The maximum absolute atomic E-state index is 12.9. The molecule has 0 spiro atoms. The second-order valence-electron chi connectivity index (χ2n) is 7.88. The zero-order valence-electron chi connectivity index (χ0n) is 15.5. The topological polar surface area (TPSA) is 71.3 Å². The molecule has 0 aromatic carbocycles. The summed E-state index contributed by atoms with van der Waals surface area (Å²) in [5.41, 5.74) is 2.34. The summed E-state index contributed by atoms with van der Waals surface area (Å²) < 4.78 is 1.45. The first-order valence-electron chi connectivity index (χ1n) is 9.67. The van der Waals surface area contributed by atoms with Gasteiger partial charge in [0.05, 0.1) is 0 Å². The van der Waals surface area contributed by atoms with Crippen LogP contribution in [0, 0.1) is 5.92 Å². The van der Waals surface area contributed by atoms with E-state index in [1.165, 1.54) is 23.0 Å². The third kappa shape index (κ3) is 2.64. The number of anilines is 1. The number of amides is 1. The Kier molecular flexibility index (Phi) is 3.77. The van der Waals surface area contributed by atoms with Gasteiger partial charge in [0.25, 0.3) is 11.5 Å². The van der Waals surface area contributed by atoms with Crippen LogP contribution in [0.3, 0.4) is 0 Å². The van der Waals surface area contributed by atoms with Crippen molar-refractivity contribution in [2.24, 2.45) is 13.0 Å². The van der Waals surface area contributed by atoms with Gasteiger partial charge in [-0.05, 0) is 42.9 Å². The van der Waals surface area contributed by atoms with Gasteiger partial charge in [0.15, 0.2) is 0 Å². The molecule has 7 nitrogen and oxygen atoms in total. The maximum atomic E-state index is 12.9. The number of likely N-dealkylation sites (tertiary alicyclic amines) is 1. The van der Waals surface area contributed by atoms with Crippen molar-refractivity contribution in [3.05, 3.63) is 51.7 Å². The molecule has 2 saturated heterocycles. The lowest BCUT2D eigenvalue weighted by Crippen LogP contribution is -2.35. The van der Waals surface area contributed by atoms with Crippen LogP contribution in [-0.4, -0.2) is 51.5 Å². The zero-order chi connectivity index (χ0) is 18.5. The molecule has 27 heavy (non-hydrogen) atoms. The summed E-state index contributed by atoms with van der Waals surface area (Å²) in [4.78, 5) is 38.6. The Hall–Kier alpha value is -2.70. The van der Waals surface area contributed by atoms with E-state index in [1.54, 1.807) is 25.4 Å². The van der Waals surface area contributed by atoms with Gasteiger partial charge < -0.3 is 14.4 Å². The first-order chi connectivity index (χ1) is 13.1. The smallest absolute Gasteiger partial charge is 0.263 e. The molecule has 140 valence electrons. The molecule has 0 bridgehead atoms. The Morgan fingerprint density at radius 3 is 2.85 bits per heavy atom. The number of aromatic nitrogens is 3. The van der Waals surface area contributed by atoms with Gasteiger partial charge in [0.2, 0.25) is 5.95 Å². The lowest BCUT2D eigenvalue weighted by molar-refractivity contribution is 0.0782. The van der Waals surface area contributed by atoms with Crippen molar-refractivity contribution in [2.75, 3.05) is 31.1 Å². The van der Waals surface area contributed by atoms with Crippen molar-refractivity contribution < 1.29 is 4.79 Å². The summed E-state index contributed by atoms with van der Waals surface area (Å²) in [6.45, 7) is 3.40. The highest BCUT2D eigenvalue weighted by Crippen LogP contribution is 2.42. The van der Waals surface area contributed by atoms with Crippen LogP contribution < -0.4 is 10.5 Å². The average Bonchev–Trinajstić information content (AvgIpc) is 3.38. The van der Waals surface area contributed by atoms with E-state index in [1.807, 2.05) is 11.1 Å². The molecule has 5 rings (SSSR count). The molecule has 0 N–H and O–H groups in total. The monoisotopic (exact) mass is 365 g/mol. The van der Waals surface area contributed by atoms with Gasteiger partial charge >= 0.3 is 0 Å². The van der Waals surface area contributed by atoms with E-state index in [0.717, 1.165) is 31.2 Å². The Labute approximate surface area is 157 Å². The highest BCUT2D eigenvalue weighted by atomic mass is 16.2. The number of fused-ring (bicyclic) bond motifs is 3. The van der Waals surface area contributed by atoms with E-state index in [-0.39, 0.29) is 22.9 Å². The van der Waals surface area contributed by atoms with Crippen molar-refractivity contribution in [3.63, 3.8) is 0 Å². The van der Waals surface area contributed by atoms with Gasteiger partial charge in [-0.15, -0.1) is 0 Å². The van der Waals surface area contributed by atoms with E-state index < -0.39 is 0 Å². The Bertz CT molecular complexity index is 963. The molecule has 1 aliphatic carbocycles. The molecule has 0 radical (unpaired) electrons. The normalized spacial score (nSPS) is 23.6. The van der Waals surface area contributed by atoms with Crippen molar-refractivity contribution in [1.29, 1.82) is 0 Å². The molecule has 2 aliphatic heterocycles. The molecule has 0 saturated carbocycles. The summed E-state index contributed by atoms with van der Waals surface area (Å²) in [6, 6.07) is 3.37. The molecule has 4 heterocycles.